The molecule has 1 aliphatic rings. The lowest BCUT2D eigenvalue weighted by Gasteiger charge is -2.35. The Balaban J connectivity index is 1.78. The number of aryl methyl sites for hydroxylation is 1. The molecule has 30 heavy (non-hydrogen) atoms. The van der Waals surface area contributed by atoms with Crippen molar-refractivity contribution in [3.8, 4) is 17.4 Å². The smallest absolute Gasteiger partial charge is 0.246 e. The number of hydrogen-bond donors (Lipinski definition) is 0. The highest BCUT2D eigenvalue weighted by atomic mass is 32.2. The Kier molecular flexibility index (Phi) is 6.99. The van der Waals surface area contributed by atoms with Gasteiger partial charge in [0.15, 0.2) is 0 Å². The molecule has 3 rings (SSSR count). The monoisotopic (exact) mass is 436 g/mol. The van der Waals surface area contributed by atoms with Gasteiger partial charge in [-0.05, 0) is 32.9 Å². The lowest BCUT2D eigenvalue weighted by atomic mass is 10.3. The third kappa shape index (κ3) is 4.76. The first kappa shape index (κ1) is 22.1. The first-order valence-corrected chi connectivity index (χ1v) is 11.4. The molecule has 0 aliphatic carbocycles. The number of piperazine rings is 1. The molecule has 10 heteroatoms. The third-order valence-electron chi connectivity index (χ3n) is 4.72. The van der Waals surface area contributed by atoms with Crippen LogP contribution in [0.15, 0.2) is 29.2 Å². The molecule has 164 valence electrons. The molecule has 2 aromatic rings. The molecule has 0 amide bonds. The van der Waals surface area contributed by atoms with Gasteiger partial charge in [-0.25, -0.2) is 13.4 Å². The van der Waals surface area contributed by atoms with Crippen molar-refractivity contribution in [3.05, 3.63) is 30.1 Å². The van der Waals surface area contributed by atoms with Gasteiger partial charge in [-0.1, -0.05) is 0 Å². The number of benzene rings is 1. The standard InChI is InChI=1S/C20H28N4O5S/c1-5-28-16-7-8-18(17(13-16)29-6-2)30(25,26)24-11-9-23(10-12-24)19-14-20(27-4)22-15(3)21-19/h7-8,13-14H,5-6,9-12H2,1-4H3. The van der Waals surface area contributed by atoms with E-state index in [4.69, 9.17) is 14.2 Å². The van der Waals surface area contributed by atoms with E-state index in [0.29, 0.717) is 62.6 Å². The fourth-order valence-electron chi connectivity index (χ4n) is 3.31. The summed E-state index contributed by atoms with van der Waals surface area (Å²) in [5, 5.41) is 0. The van der Waals surface area contributed by atoms with Gasteiger partial charge in [0, 0.05) is 38.3 Å². The molecule has 0 saturated carbocycles. The third-order valence-corrected chi connectivity index (χ3v) is 6.65. The number of methoxy groups -OCH3 is 1. The van der Waals surface area contributed by atoms with Crippen LogP contribution in [0, 0.1) is 6.92 Å². The van der Waals surface area contributed by atoms with Gasteiger partial charge in [0.1, 0.15) is 28.0 Å². The Hall–Kier alpha value is -2.59. The number of rotatable bonds is 8. The van der Waals surface area contributed by atoms with Crippen molar-refractivity contribution in [3.63, 3.8) is 0 Å². The highest BCUT2D eigenvalue weighted by molar-refractivity contribution is 7.89. The predicted molar refractivity (Wildman–Crippen MR) is 113 cm³/mol. The second-order valence-corrected chi connectivity index (χ2v) is 8.59. The van der Waals surface area contributed by atoms with Crippen molar-refractivity contribution in [1.82, 2.24) is 14.3 Å². The van der Waals surface area contributed by atoms with Crippen LogP contribution in [0.5, 0.6) is 17.4 Å². The quantitative estimate of drug-likeness (QED) is 0.621. The van der Waals surface area contributed by atoms with Crippen molar-refractivity contribution in [2.24, 2.45) is 0 Å². The van der Waals surface area contributed by atoms with Crippen molar-refractivity contribution in [2.45, 2.75) is 25.7 Å². The zero-order valence-electron chi connectivity index (χ0n) is 17.8. The van der Waals surface area contributed by atoms with E-state index in [1.54, 1.807) is 38.3 Å². The van der Waals surface area contributed by atoms with E-state index in [1.807, 2.05) is 18.7 Å². The predicted octanol–water partition coefficient (Wildman–Crippen LogP) is 2.10. The van der Waals surface area contributed by atoms with Crippen LogP contribution < -0.4 is 19.1 Å². The molecular weight excluding hydrogens is 408 g/mol. The molecular formula is C20H28N4O5S. The number of ether oxygens (including phenoxy) is 3. The Morgan fingerprint density at radius 3 is 2.33 bits per heavy atom. The van der Waals surface area contributed by atoms with Crippen LogP contribution in [0.3, 0.4) is 0 Å². The summed E-state index contributed by atoms with van der Waals surface area (Å²) < 4.78 is 44.4. The number of aromatic nitrogens is 2. The minimum atomic E-state index is -3.70. The first-order chi connectivity index (χ1) is 14.4. The summed E-state index contributed by atoms with van der Waals surface area (Å²) in [6.45, 7) is 8.06. The van der Waals surface area contributed by atoms with Gasteiger partial charge in [0.2, 0.25) is 15.9 Å². The Labute approximate surface area is 177 Å². The van der Waals surface area contributed by atoms with Crippen LogP contribution in [0.25, 0.3) is 0 Å². The Bertz CT molecular complexity index is 975. The second-order valence-electron chi connectivity index (χ2n) is 6.68. The molecule has 0 spiro atoms. The number of anilines is 1. The molecule has 0 atom stereocenters. The van der Waals surface area contributed by atoms with E-state index < -0.39 is 10.0 Å². The maximum absolute atomic E-state index is 13.3. The Morgan fingerprint density at radius 1 is 1.00 bits per heavy atom. The molecule has 1 aliphatic heterocycles. The lowest BCUT2D eigenvalue weighted by Crippen LogP contribution is -2.49. The van der Waals surface area contributed by atoms with E-state index in [1.165, 1.54) is 4.31 Å². The highest BCUT2D eigenvalue weighted by Crippen LogP contribution is 2.32. The molecule has 1 saturated heterocycles. The number of sulfonamides is 1. The summed E-state index contributed by atoms with van der Waals surface area (Å²) in [6, 6.07) is 6.60. The average Bonchev–Trinajstić information content (AvgIpc) is 2.74. The molecule has 0 unspecified atom stereocenters. The molecule has 0 radical (unpaired) electrons. The van der Waals surface area contributed by atoms with Crippen LogP contribution >= 0.6 is 0 Å². The molecule has 1 aromatic carbocycles. The highest BCUT2D eigenvalue weighted by Gasteiger charge is 2.31. The van der Waals surface area contributed by atoms with Crippen molar-refractivity contribution >= 4 is 15.8 Å². The molecule has 1 fully saturated rings. The second kappa shape index (κ2) is 9.48. The summed E-state index contributed by atoms with van der Waals surface area (Å²) in [7, 11) is -2.15. The van der Waals surface area contributed by atoms with Gasteiger partial charge >= 0.3 is 0 Å². The topological polar surface area (TPSA) is 94.1 Å². The Morgan fingerprint density at radius 2 is 1.70 bits per heavy atom. The van der Waals surface area contributed by atoms with Crippen molar-refractivity contribution in [1.29, 1.82) is 0 Å². The van der Waals surface area contributed by atoms with E-state index in [-0.39, 0.29) is 4.90 Å². The van der Waals surface area contributed by atoms with Crippen LogP contribution in [0.4, 0.5) is 5.82 Å². The first-order valence-electron chi connectivity index (χ1n) is 9.93. The van der Waals surface area contributed by atoms with E-state index in [2.05, 4.69) is 9.97 Å². The molecule has 0 bridgehead atoms. The van der Waals surface area contributed by atoms with Crippen LogP contribution in [0.2, 0.25) is 0 Å². The largest absolute Gasteiger partial charge is 0.494 e. The van der Waals surface area contributed by atoms with Gasteiger partial charge in [0.25, 0.3) is 0 Å². The van der Waals surface area contributed by atoms with E-state index in [9.17, 15) is 8.42 Å². The van der Waals surface area contributed by atoms with Crippen LogP contribution in [0.1, 0.15) is 19.7 Å². The fraction of sp³-hybridized carbons (Fsp3) is 0.500. The van der Waals surface area contributed by atoms with Crippen molar-refractivity contribution < 1.29 is 22.6 Å². The van der Waals surface area contributed by atoms with Crippen molar-refractivity contribution in [2.75, 3.05) is 51.4 Å². The summed E-state index contributed by atoms with van der Waals surface area (Å²) in [6.07, 6.45) is 0. The van der Waals surface area contributed by atoms with Gasteiger partial charge in [-0.3, -0.25) is 0 Å². The normalized spacial score (nSPS) is 15.1. The van der Waals surface area contributed by atoms with Gasteiger partial charge in [-0.2, -0.15) is 9.29 Å². The number of hydrogen-bond acceptors (Lipinski definition) is 8. The average molecular weight is 437 g/mol. The summed E-state index contributed by atoms with van der Waals surface area (Å²) in [5.74, 6) is 2.71. The SMILES string of the molecule is CCOc1ccc(S(=O)(=O)N2CCN(c3cc(OC)nc(C)n3)CC2)c(OCC)c1. The van der Waals surface area contributed by atoms with Gasteiger partial charge in [0.05, 0.1) is 20.3 Å². The molecule has 1 aromatic heterocycles. The minimum Gasteiger partial charge on any atom is -0.494 e. The zero-order valence-corrected chi connectivity index (χ0v) is 18.6. The number of nitrogens with zero attached hydrogens (tertiary/aromatic N) is 4. The van der Waals surface area contributed by atoms with Gasteiger partial charge in [-0.15, -0.1) is 0 Å². The van der Waals surface area contributed by atoms with Crippen LogP contribution in [-0.4, -0.2) is 69.2 Å². The summed E-state index contributed by atoms with van der Waals surface area (Å²) in [4.78, 5) is 10.8. The van der Waals surface area contributed by atoms with Crippen LogP contribution in [-0.2, 0) is 10.0 Å². The molecule has 2 heterocycles. The maximum Gasteiger partial charge on any atom is 0.246 e. The molecule has 9 nitrogen and oxygen atoms in total. The lowest BCUT2D eigenvalue weighted by molar-refractivity contribution is 0.314. The van der Waals surface area contributed by atoms with E-state index >= 15 is 0 Å². The summed E-state index contributed by atoms with van der Waals surface area (Å²) in [5.41, 5.74) is 0. The van der Waals surface area contributed by atoms with E-state index in [0.717, 1.165) is 5.82 Å². The molecule has 0 N–H and O–H groups in total. The minimum absolute atomic E-state index is 0.154. The maximum atomic E-state index is 13.3. The zero-order chi connectivity index (χ0) is 21.7. The summed E-state index contributed by atoms with van der Waals surface area (Å²) >= 11 is 0. The van der Waals surface area contributed by atoms with Gasteiger partial charge < -0.3 is 19.1 Å². The fourth-order valence-corrected chi connectivity index (χ4v) is 4.85.